The lowest BCUT2D eigenvalue weighted by Gasteiger charge is -2.25. The van der Waals surface area contributed by atoms with E-state index < -0.39 is 11.7 Å². The molecule has 0 aliphatic rings. The molecule has 19 heavy (non-hydrogen) atoms. The van der Waals surface area contributed by atoms with E-state index >= 15 is 0 Å². The Balaban J connectivity index is 3.03. The summed E-state index contributed by atoms with van der Waals surface area (Å²) in [5.41, 5.74) is 1.11. The molecule has 1 rings (SSSR count). The normalized spacial score (nSPS) is 11.1. The summed E-state index contributed by atoms with van der Waals surface area (Å²) in [5, 5.41) is 8.62. The number of aromatic nitrogens is 3. The van der Waals surface area contributed by atoms with Gasteiger partial charge >= 0.3 is 6.09 Å². The number of hydrogen-bond donors (Lipinski definition) is 2. The van der Waals surface area contributed by atoms with Crippen LogP contribution in [-0.4, -0.2) is 38.4 Å². The molecule has 0 aliphatic heterocycles. The second kappa shape index (κ2) is 5.98. The van der Waals surface area contributed by atoms with E-state index in [-0.39, 0.29) is 23.7 Å². The third-order valence-corrected chi connectivity index (χ3v) is 2.04. The fraction of sp³-hybridized carbons (Fsp3) is 0.600. The minimum atomic E-state index is -0.639. The highest BCUT2D eigenvalue weighted by atomic mass is 35.5. The second-order valence-corrected chi connectivity index (χ2v) is 4.90. The van der Waals surface area contributed by atoms with Crippen molar-refractivity contribution in [1.29, 1.82) is 0 Å². The number of hydrogen-bond acceptors (Lipinski definition) is 7. The highest BCUT2D eigenvalue weighted by Crippen LogP contribution is 2.17. The van der Waals surface area contributed by atoms with E-state index in [1.165, 1.54) is 4.90 Å². The first kappa shape index (κ1) is 15.4. The maximum absolute atomic E-state index is 12.0. The summed E-state index contributed by atoms with van der Waals surface area (Å²) in [6.07, 6.45) is -0.610. The van der Waals surface area contributed by atoms with Crippen LogP contribution in [0.3, 0.4) is 0 Å². The maximum Gasteiger partial charge on any atom is 0.417 e. The molecule has 1 aromatic heterocycles. The molecule has 0 radical (unpaired) electrons. The van der Waals surface area contributed by atoms with Gasteiger partial charge in [-0.2, -0.15) is 15.0 Å². The molecule has 0 aliphatic carbocycles. The topological polar surface area (TPSA) is 100 Å². The monoisotopic (exact) mass is 289 g/mol. The van der Waals surface area contributed by atoms with Crippen molar-refractivity contribution in [3.05, 3.63) is 5.28 Å². The fourth-order valence-corrected chi connectivity index (χ4v) is 1.34. The zero-order valence-electron chi connectivity index (χ0n) is 11.1. The van der Waals surface area contributed by atoms with Crippen LogP contribution in [0.1, 0.15) is 27.7 Å². The molecule has 1 aromatic rings. The molecule has 0 aromatic carbocycles. The number of nitrogens with one attached hydrogen (secondary N) is 1. The van der Waals surface area contributed by atoms with Crippen molar-refractivity contribution in [2.24, 2.45) is 0 Å². The SMILES string of the molecule is CCN(C(=O)OC(C)(C)C)c1nc(Cl)nc(NO)n1. The van der Waals surface area contributed by atoms with E-state index in [0.29, 0.717) is 0 Å². The Labute approximate surface area is 115 Å². The molecule has 0 saturated heterocycles. The third-order valence-electron chi connectivity index (χ3n) is 1.87. The van der Waals surface area contributed by atoms with E-state index in [4.69, 9.17) is 21.5 Å². The largest absolute Gasteiger partial charge is 0.443 e. The fourth-order valence-electron chi connectivity index (χ4n) is 1.18. The highest BCUT2D eigenvalue weighted by molar-refractivity contribution is 6.28. The zero-order valence-corrected chi connectivity index (χ0v) is 11.9. The Hall–Kier alpha value is -1.67. The lowest BCUT2D eigenvalue weighted by atomic mass is 10.2. The predicted molar refractivity (Wildman–Crippen MR) is 69.5 cm³/mol. The minimum Gasteiger partial charge on any atom is -0.443 e. The average molecular weight is 290 g/mol. The average Bonchev–Trinajstić information content (AvgIpc) is 2.26. The van der Waals surface area contributed by atoms with E-state index in [0.717, 1.165) is 0 Å². The number of carbonyl (C=O) groups is 1. The smallest absolute Gasteiger partial charge is 0.417 e. The van der Waals surface area contributed by atoms with Gasteiger partial charge in [0, 0.05) is 6.54 Å². The van der Waals surface area contributed by atoms with E-state index in [1.54, 1.807) is 33.2 Å². The van der Waals surface area contributed by atoms with Gasteiger partial charge in [-0.3, -0.25) is 5.21 Å². The van der Waals surface area contributed by atoms with Crippen molar-refractivity contribution in [2.75, 3.05) is 16.9 Å². The number of anilines is 2. The summed E-state index contributed by atoms with van der Waals surface area (Å²) in [6.45, 7) is 7.26. The van der Waals surface area contributed by atoms with Crippen LogP contribution in [0.25, 0.3) is 0 Å². The summed E-state index contributed by atoms with van der Waals surface area (Å²) in [4.78, 5) is 24.4. The summed E-state index contributed by atoms with van der Waals surface area (Å²) < 4.78 is 5.22. The molecule has 0 spiro atoms. The zero-order chi connectivity index (χ0) is 14.6. The summed E-state index contributed by atoms with van der Waals surface area (Å²) in [5.74, 6) is -0.162. The first-order valence-corrected chi connectivity index (χ1v) is 5.97. The number of halogens is 1. The lowest BCUT2D eigenvalue weighted by Crippen LogP contribution is -2.37. The van der Waals surface area contributed by atoms with Gasteiger partial charge in [0.25, 0.3) is 5.95 Å². The van der Waals surface area contributed by atoms with Gasteiger partial charge in [0.05, 0.1) is 0 Å². The quantitative estimate of drug-likeness (QED) is 0.822. The predicted octanol–water partition coefficient (Wildman–Crippen LogP) is 2.09. The Bertz CT molecular complexity index is 463. The Morgan fingerprint density at radius 2 is 2.05 bits per heavy atom. The van der Waals surface area contributed by atoms with Gasteiger partial charge in [-0.05, 0) is 39.3 Å². The number of carbonyl (C=O) groups excluding carboxylic acids is 1. The first-order valence-electron chi connectivity index (χ1n) is 5.59. The molecule has 2 N–H and O–H groups in total. The standard InChI is InChI=1S/C10H16ClN5O3/c1-5-16(9(17)19-10(2,3)4)8-13-6(11)12-7(14-8)15-18/h18H,5H2,1-4H3,(H,12,13,14,15). The van der Waals surface area contributed by atoms with Crippen LogP contribution in [0, 0.1) is 0 Å². The number of nitrogens with zero attached hydrogens (tertiary/aromatic N) is 4. The van der Waals surface area contributed by atoms with Gasteiger partial charge in [-0.15, -0.1) is 0 Å². The molecule has 0 bridgehead atoms. The van der Waals surface area contributed by atoms with Crippen molar-refractivity contribution in [3.8, 4) is 0 Å². The minimum absolute atomic E-state index is 0.00620. The Morgan fingerprint density at radius 1 is 1.42 bits per heavy atom. The Kier molecular flexibility index (Phi) is 4.84. The highest BCUT2D eigenvalue weighted by Gasteiger charge is 2.24. The molecule has 106 valence electrons. The molecule has 0 fully saturated rings. The van der Waals surface area contributed by atoms with Gasteiger partial charge in [-0.25, -0.2) is 15.2 Å². The molecular weight excluding hydrogens is 274 g/mol. The summed E-state index contributed by atoms with van der Waals surface area (Å²) in [7, 11) is 0. The molecular formula is C10H16ClN5O3. The van der Waals surface area contributed by atoms with Crippen molar-refractivity contribution < 1.29 is 14.7 Å². The van der Waals surface area contributed by atoms with Gasteiger partial charge < -0.3 is 4.74 Å². The summed E-state index contributed by atoms with van der Waals surface area (Å²) >= 11 is 5.68. The van der Waals surface area contributed by atoms with Crippen molar-refractivity contribution in [2.45, 2.75) is 33.3 Å². The summed E-state index contributed by atoms with van der Waals surface area (Å²) in [6, 6.07) is 0. The third kappa shape index (κ3) is 4.49. The van der Waals surface area contributed by atoms with Crippen LogP contribution >= 0.6 is 11.6 Å². The molecule has 9 heteroatoms. The molecule has 0 atom stereocenters. The Morgan fingerprint density at radius 3 is 2.53 bits per heavy atom. The number of rotatable bonds is 3. The van der Waals surface area contributed by atoms with Gasteiger partial charge in [-0.1, -0.05) is 0 Å². The van der Waals surface area contributed by atoms with Crippen molar-refractivity contribution >= 4 is 29.6 Å². The van der Waals surface area contributed by atoms with Gasteiger partial charge in [0.1, 0.15) is 5.60 Å². The molecule has 1 heterocycles. The van der Waals surface area contributed by atoms with Crippen LogP contribution in [0.2, 0.25) is 5.28 Å². The van der Waals surface area contributed by atoms with Crippen LogP contribution in [-0.2, 0) is 4.74 Å². The van der Waals surface area contributed by atoms with Crippen LogP contribution in [0.5, 0.6) is 0 Å². The number of ether oxygens (including phenoxy) is 1. The van der Waals surface area contributed by atoms with E-state index in [9.17, 15) is 4.79 Å². The maximum atomic E-state index is 12.0. The van der Waals surface area contributed by atoms with Crippen molar-refractivity contribution in [3.63, 3.8) is 0 Å². The van der Waals surface area contributed by atoms with Crippen LogP contribution in [0.15, 0.2) is 0 Å². The van der Waals surface area contributed by atoms with Crippen LogP contribution in [0.4, 0.5) is 16.7 Å². The lowest BCUT2D eigenvalue weighted by molar-refractivity contribution is 0.0580. The van der Waals surface area contributed by atoms with E-state index in [1.807, 2.05) is 0 Å². The van der Waals surface area contributed by atoms with Crippen molar-refractivity contribution in [1.82, 2.24) is 15.0 Å². The number of amides is 1. The van der Waals surface area contributed by atoms with E-state index in [2.05, 4.69) is 15.0 Å². The van der Waals surface area contributed by atoms with Gasteiger partial charge in [0.2, 0.25) is 11.2 Å². The molecule has 1 amide bonds. The second-order valence-electron chi connectivity index (χ2n) is 4.56. The first-order chi connectivity index (χ1) is 8.76. The van der Waals surface area contributed by atoms with Gasteiger partial charge in [0.15, 0.2) is 0 Å². The van der Waals surface area contributed by atoms with Crippen LogP contribution < -0.4 is 10.4 Å². The molecule has 0 unspecified atom stereocenters. The molecule has 8 nitrogen and oxygen atoms in total. The molecule has 0 saturated carbocycles.